The second-order valence-electron chi connectivity index (χ2n) is 9.30. The number of aryl methyl sites for hydroxylation is 2. The monoisotopic (exact) mass is 511 g/mol. The number of fused-ring (bicyclic) bond motifs is 1. The molecule has 0 radical (unpaired) electrons. The Balaban J connectivity index is 1.31. The number of amides is 1. The van der Waals surface area contributed by atoms with Crippen molar-refractivity contribution < 1.29 is 4.79 Å². The van der Waals surface area contributed by atoms with Gasteiger partial charge < -0.3 is 10.3 Å². The van der Waals surface area contributed by atoms with E-state index in [0.29, 0.717) is 40.6 Å². The molecule has 5 heterocycles. The van der Waals surface area contributed by atoms with Crippen molar-refractivity contribution in [1.29, 1.82) is 0 Å². The first-order valence-electron chi connectivity index (χ1n) is 12.4. The van der Waals surface area contributed by atoms with Gasteiger partial charge in [0.15, 0.2) is 17.2 Å². The second-order valence-corrected chi connectivity index (χ2v) is 9.30. The highest BCUT2D eigenvalue weighted by Gasteiger charge is 2.30. The number of hydrogen-bond acceptors (Lipinski definition) is 7. The van der Waals surface area contributed by atoms with Crippen LogP contribution in [0.1, 0.15) is 48.4 Å². The number of aromatic amines is 1. The molecule has 0 saturated heterocycles. The number of anilines is 1. The molecule has 0 aromatic carbocycles. The summed E-state index contributed by atoms with van der Waals surface area (Å²) in [4.78, 5) is 54.9. The summed E-state index contributed by atoms with van der Waals surface area (Å²) >= 11 is 0. The molecule has 0 atom stereocenters. The first kappa shape index (κ1) is 23.5. The van der Waals surface area contributed by atoms with Crippen LogP contribution in [0.3, 0.4) is 0 Å². The maximum atomic E-state index is 13.1. The van der Waals surface area contributed by atoms with Gasteiger partial charge in [-0.25, -0.2) is 19.4 Å². The van der Waals surface area contributed by atoms with E-state index >= 15 is 0 Å². The first-order chi connectivity index (χ1) is 18.4. The number of nitrogens with zero attached hydrogens (tertiary/aromatic N) is 7. The van der Waals surface area contributed by atoms with Gasteiger partial charge in [-0.15, -0.1) is 0 Å². The summed E-state index contributed by atoms with van der Waals surface area (Å²) in [6.45, 7) is 4.29. The van der Waals surface area contributed by atoms with Gasteiger partial charge in [-0.05, 0) is 56.5 Å². The van der Waals surface area contributed by atoms with Gasteiger partial charge in [0, 0.05) is 48.1 Å². The predicted molar refractivity (Wildman–Crippen MR) is 140 cm³/mol. The molecule has 12 nitrogen and oxygen atoms in total. The molecule has 12 heteroatoms. The van der Waals surface area contributed by atoms with Crippen LogP contribution in [0.15, 0.2) is 58.5 Å². The summed E-state index contributed by atoms with van der Waals surface area (Å²) in [6, 6.07) is 8.60. The fourth-order valence-electron chi connectivity index (χ4n) is 4.45. The van der Waals surface area contributed by atoms with E-state index in [9.17, 15) is 14.4 Å². The fourth-order valence-corrected chi connectivity index (χ4v) is 4.45. The minimum atomic E-state index is -0.341. The van der Waals surface area contributed by atoms with Gasteiger partial charge in [-0.1, -0.05) is 6.92 Å². The largest absolute Gasteiger partial charge is 0.333 e. The molecule has 0 spiro atoms. The number of pyridine rings is 2. The number of rotatable bonds is 7. The Hall–Kier alpha value is -4.87. The number of hydrogen-bond donors (Lipinski definition) is 2. The van der Waals surface area contributed by atoms with E-state index in [1.165, 1.54) is 4.57 Å². The molecule has 6 rings (SSSR count). The Bertz CT molecular complexity index is 1780. The molecule has 1 fully saturated rings. The van der Waals surface area contributed by atoms with Gasteiger partial charge in [-0.2, -0.15) is 5.10 Å². The van der Waals surface area contributed by atoms with E-state index in [1.807, 2.05) is 13.8 Å². The Morgan fingerprint density at radius 2 is 1.95 bits per heavy atom. The Kier molecular flexibility index (Phi) is 5.70. The highest BCUT2D eigenvalue weighted by atomic mass is 16.2. The highest BCUT2D eigenvalue weighted by Crippen LogP contribution is 2.32. The van der Waals surface area contributed by atoms with E-state index in [2.05, 4.69) is 30.4 Å². The number of H-pyrrole nitrogens is 1. The average molecular weight is 512 g/mol. The summed E-state index contributed by atoms with van der Waals surface area (Å²) in [6.07, 6.45) is 7.21. The third kappa shape index (κ3) is 4.09. The molecule has 5 aromatic rings. The summed E-state index contributed by atoms with van der Waals surface area (Å²) in [5, 5.41) is 7.21. The van der Waals surface area contributed by atoms with Crippen molar-refractivity contribution in [1.82, 2.24) is 38.9 Å². The lowest BCUT2D eigenvalue weighted by Crippen LogP contribution is -2.39. The van der Waals surface area contributed by atoms with Crippen LogP contribution in [-0.2, 0) is 6.54 Å². The molecule has 1 aliphatic rings. The van der Waals surface area contributed by atoms with Crippen LogP contribution >= 0.6 is 0 Å². The molecule has 0 unspecified atom stereocenters. The van der Waals surface area contributed by atoms with E-state index < -0.39 is 0 Å². The minimum absolute atomic E-state index is 0.0378. The van der Waals surface area contributed by atoms with Crippen LogP contribution in [0, 0.1) is 6.92 Å². The van der Waals surface area contributed by atoms with Crippen LogP contribution < -0.4 is 16.6 Å². The van der Waals surface area contributed by atoms with E-state index in [1.54, 1.807) is 58.2 Å². The SMILES string of the molecule is CCCn1c(=O)n(C2CC2)c(=O)c2[nH]c(-c3ccc(-n4nc(C(=O)Nc5ccncc5)cc4C)nc3)nc21. The van der Waals surface area contributed by atoms with Gasteiger partial charge in [0.2, 0.25) is 0 Å². The maximum Gasteiger partial charge on any atom is 0.333 e. The third-order valence-corrected chi connectivity index (χ3v) is 6.47. The number of imidazole rings is 1. The molecule has 1 amide bonds. The zero-order valence-corrected chi connectivity index (χ0v) is 20.9. The number of carbonyl (C=O) groups is 1. The molecular formula is C26H25N9O3. The predicted octanol–water partition coefficient (Wildman–Crippen LogP) is 2.83. The third-order valence-electron chi connectivity index (χ3n) is 6.47. The number of carbonyl (C=O) groups excluding carboxylic acids is 1. The van der Waals surface area contributed by atoms with Crippen molar-refractivity contribution >= 4 is 22.8 Å². The molecule has 192 valence electrons. The topological polar surface area (TPSA) is 145 Å². The van der Waals surface area contributed by atoms with Crippen molar-refractivity contribution in [3.8, 4) is 17.2 Å². The molecule has 5 aromatic heterocycles. The first-order valence-corrected chi connectivity index (χ1v) is 12.4. The molecular weight excluding hydrogens is 486 g/mol. The quantitative estimate of drug-likeness (QED) is 0.342. The maximum absolute atomic E-state index is 13.1. The lowest BCUT2D eigenvalue weighted by molar-refractivity contribution is 0.102. The summed E-state index contributed by atoms with van der Waals surface area (Å²) in [7, 11) is 0. The van der Waals surface area contributed by atoms with Gasteiger partial charge >= 0.3 is 5.69 Å². The lowest BCUT2D eigenvalue weighted by atomic mass is 10.2. The lowest BCUT2D eigenvalue weighted by Gasteiger charge is -2.09. The van der Waals surface area contributed by atoms with Gasteiger partial charge in [0.1, 0.15) is 11.3 Å². The van der Waals surface area contributed by atoms with E-state index in [-0.39, 0.29) is 28.9 Å². The Labute approximate surface area is 216 Å². The van der Waals surface area contributed by atoms with Gasteiger partial charge in [0.05, 0.1) is 0 Å². The molecule has 0 aliphatic heterocycles. The van der Waals surface area contributed by atoms with E-state index in [0.717, 1.165) is 25.0 Å². The zero-order chi connectivity index (χ0) is 26.4. The average Bonchev–Trinajstić information content (AvgIpc) is 3.52. The fraction of sp³-hybridized carbons (Fsp3) is 0.269. The Morgan fingerprint density at radius 1 is 1.16 bits per heavy atom. The molecule has 1 saturated carbocycles. The highest BCUT2D eigenvalue weighted by molar-refractivity contribution is 6.02. The van der Waals surface area contributed by atoms with Crippen molar-refractivity contribution in [3.63, 3.8) is 0 Å². The molecule has 38 heavy (non-hydrogen) atoms. The second kappa shape index (κ2) is 9.21. The minimum Gasteiger partial charge on any atom is -0.332 e. The smallest absolute Gasteiger partial charge is 0.332 e. The summed E-state index contributed by atoms with van der Waals surface area (Å²) in [5.74, 6) is 0.625. The van der Waals surface area contributed by atoms with Gasteiger partial charge in [-0.3, -0.25) is 23.7 Å². The summed E-state index contributed by atoms with van der Waals surface area (Å²) in [5.41, 5.74) is 2.28. The number of nitrogens with one attached hydrogen (secondary N) is 2. The number of aromatic nitrogens is 8. The van der Waals surface area contributed by atoms with Crippen LogP contribution in [0.4, 0.5) is 5.69 Å². The molecule has 1 aliphatic carbocycles. The Morgan fingerprint density at radius 3 is 2.63 bits per heavy atom. The van der Waals surface area contributed by atoms with Crippen molar-refractivity contribution in [2.75, 3.05) is 5.32 Å². The van der Waals surface area contributed by atoms with Crippen molar-refractivity contribution in [3.05, 3.63) is 81.1 Å². The van der Waals surface area contributed by atoms with Crippen LogP contribution in [-0.4, -0.2) is 44.8 Å². The van der Waals surface area contributed by atoms with Crippen molar-refractivity contribution in [2.24, 2.45) is 0 Å². The summed E-state index contributed by atoms with van der Waals surface area (Å²) < 4.78 is 4.50. The van der Waals surface area contributed by atoms with Crippen LogP contribution in [0.25, 0.3) is 28.4 Å². The molecule has 0 bridgehead atoms. The standard InChI is InChI=1S/C26H25N9O3/c1-3-12-33-23-21(25(37)34(26(33)38)18-5-6-18)30-22(31-23)16-4-7-20(28-14-16)35-15(2)13-19(32-35)24(36)29-17-8-10-27-11-9-17/h4,7-11,13-14,18H,3,5-6,12H2,1-2H3,(H,30,31)(H,27,29,36). The van der Waals surface area contributed by atoms with Crippen LogP contribution in [0.5, 0.6) is 0 Å². The van der Waals surface area contributed by atoms with Crippen LogP contribution in [0.2, 0.25) is 0 Å². The van der Waals surface area contributed by atoms with E-state index in [4.69, 9.17) is 0 Å². The zero-order valence-electron chi connectivity index (χ0n) is 20.9. The molecule has 2 N–H and O–H groups in total. The normalized spacial score (nSPS) is 13.2. The van der Waals surface area contributed by atoms with Gasteiger partial charge in [0.25, 0.3) is 11.5 Å². The van der Waals surface area contributed by atoms with Crippen molar-refractivity contribution in [2.45, 2.75) is 45.7 Å².